The molecule has 3 aliphatic carbocycles. The van der Waals surface area contributed by atoms with Gasteiger partial charge in [-0.2, -0.15) is 0 Å². The summed E-state index contributed by atoms with van der Waals surface area (Å²) in [5, 5.41) is 0. The van der Waals surface area contributed by atoms with Crippen molar-refractivity contribution in [2.75, 3.05) is 0 Å². The molecule has 0 aromatic carbocycles. The van der Waals surface area contributed by atoms with E-state index in [0.717, 1.165) is 12.8 Å². The second-order valence-corrected chi connectivity index (χ2v) is 4.19. The van der Waals surface area contributed by atoms with Gasteiger partial charge in [0.05, 0.1) is 5.92 Å². The molecular weight excluding hydrogens is 140 g/mol. The minimum absolute atomic E-state index is 0.0307. The van der Waals surface area contributed by atoms with Crippen LogP contribution >= 0.6 is 0 Å². The highest BCUT2D eigenvalue weighted by Gasteiger charge is 2.46. The van der Waals surface area contributed by atoms with Crippen LogP contribution in [0.25, 0.3) is 0 Å². The molecule has 0 heterocycles. The zero-order valence-electron chi connectivity index (χ0n) is 6.72. The largest absolute Gasteiger partial charge is 0.299 e. The van der Waals surface area contributed by atoms with Gasteiger partial charge in [0.2, 0.25) is 0 Å². The number of carbonyl (C=O) groups is 2. The summed E-state index contributed by atoms with van der Waals surface area (Å²) in [6.45, 7) is 2.05. The van der Waals surface area contributed by atoms with Gasteiger partial charge in [-0.1, -0.05) is 6.92 Å². The molecule has 0 aromatic heterocycles. The van der Waals surface area contributed by atoms with Gasteiger partial charge in [0.1, 0.15) is 11.6 Å². The molecule has 0 spiro atoms. The molecule has 3 rings (SSSR count). The average Bonchev–Trinajstić information content (AvgIpc) is 1.83. The zero-order chi connectivity index (χ0) is 8.06. The topological polar surface area (TPSA) is 34.1 Å². The molecule has 0 saturated heterocycles. The van der Waals surface area contributed by atoms with E-state index in [4.69, 9.17) is 0 Å². The van der Waals surface area contributed by atoms with Crippen LogP contribution in [0.1, 0.15) is 32.6 Å². The number of Topliss-reactive ketones (excluding diaryl/α,β-unsaturated/α-hetero) is 2. The Hall–Kier alpha value is -0.660. The van der Waals surface area contributed by atoms with Crippen LogP contribution in [0.2, 0.25) is 0 Å². The number of ketones is 2. The van der Waals surface area contributed by atoms with E-state index >= 15 is 0 Å². The van der Waals surface area contributed by atoms with E-state index in [1.807, 2.05) is 0 Å². The van der Waals surface area contributed by atoms with E-state index in [9.17, 15) is 9.59 Å². The lowest BCUT2D eigenvalue weighted by atomic mass is 9.60. The molecule has 0 unspecified atom stereocenters. The normalized spacial score (nSPS) is 43.2. The Morgan fingerprint density at radius 2 is 1.82 bits per heavy atom. The number of hydrogen-bond donors (Lipinski definition) is 0. The van der Waals surface area contributed by atoms with Crippen molar-refractivity contribution in [3.63, 3.8) is 0 Å². The van der Waals surface area contributed by atoms with E-state index in [0.29, 0.717) is 12.8 Å². The van der Waals surface area contributed by atoms with Crippen molar-refractivity contribution in [1.82, 2.24) is 0 Å². The molecule has 11 heavy (non-hydrogen) atoms. The predicted octanol–water partition coefficient (Wildman–Crippen LogP) is 1.33. The van der Waals surface area contributed by atoms with E-state index < -0.39 is 0 Å². The maximum atomic E-state index is 11.3. The third-order valence-electron chi connectivity index (χ3n) is 3.02. The quantitative estimate of drug-likeness (QED) is 0.491. The fraction of sp³-hybridized carbons (Fsp3) is 0.778. The van der Waals surface area contributed by atoms with Gasteiger partial charge < -0.3 is 0 Å². The van der Waals surface area contributed by atoms with Gasteiger partial charge in [-0.15, -0.1) is 0 Å². The predicted molar refractivity (Wildman–Crippen MR) is 40.1 cm³/mol. The van der Waals surface area contributed by atoms with Gasteiger partial charge in [-0.25, -0.2) is 0 Å². The van der Waals surface area contributed by atoms with Crippen molar-refractivity contribution in [3.05, 3.63) is 0 Å². The Kier molecular flexibility index (Phi) is 1.23. The summed E-state index contributed by atoms with van der Waals surface area (Å²) < 4.78 is 0. The van der Waals surface area contributed by atoms with Gasteiger partial charge in [0, 0.05) is 12.8 Å². The fourth-order valence-corrected chi connectivity index (χ4v) is 2.32. The summed E-state index contributed by atoms with van der Waals surface area (Å²) in [6, 6.07) is 0. The van der Waals surface area contributed by atoms with Crippen LogP contribution in [0.5, 0.6) is 0 Å². The second kappa shape index (κ2) is 1.93. The summed E-state index contributed by atoms with van der Waals surface area (Å²) in [5.74, 6) is 0.168. The average molecular weight is 152 g/mol. The summed E-state index contributed by atoms with van der Waals surface area (Å²) in [4.78, 5) is 22.5. The zero-order valence-corrected chi connectivity index (χ0v) is 6.72. The molecule has 60 valence electrons. The second-order valence-electron chi connectivity index (χ2n) is 4.19. The molecule has 3 saturated carbocycles. The van der Waals surface area contributed by atoms with Crippen molar-refractivity contribution in [2.45, 2.75) is 32.6 Å². The van der Waals surface area contributed by atoms with Crippen molar-refractivity contribution in [1.29, 1.82) is 0 Å². The van der Waals surface area contributed by atoms with E-state index in [-0.39, 0.29) is 22.9 Å². The van der Waals surface area contributed by atoms with Crippen LogP contribution in [0.4, 0.5) is 0 Å². The summed E-state index contributed by atoms with van der Waals surface area (Å²) in [7, 11) is 0. The Bertz CT molecular complexity index is 212. The molecule has 0 N–H and O–H groups in total. The highest BCUT2D eigenvalue weighted by atomic mass is 16.2. The molecule has 0 radical (unpaired) electrons. The molecule has 3 fully saturated rings. The number of carbonyl (C=O) groups excluding carboxylic acids is 2. The SMILES string of the molecule is CC12CCC(C(=O)C1)C(=O)C2. The monoisotopic (exact) mass is 152 g/mol. The van der Waals surface area contributed by atoms with Gasteiger partial charge >= 0.3 is 0 Å². The molecule has 2 heteroatoms. The minimum atomic E-state index is -0.211. The van der Waals surface area contributed by atoms with Crippen molar-refractivity contribution < 1.29 is 9.59 Å². The fourth-order valence-electron chi connectivity index (χ4n) is 2.32. The van der Waals surface area contributed by atoms with Gasteiger partial charge in [0.25, 0.3) is 0 Å². The summed E-state index contributed by atoms with van der Waals surface area (Å²) >= 11 is 0. The first kappa shape index (κ1) is 7.01. The van der Waals surface area contributed by atoms with Crippen molar-refractivity contribution in [3.8, 4) is 0 Å². The van der Waals surface area contributed by atoms with Crippen LogP contribution in [-0.2, 0) is 9.59 Å². The van der Waals surface area contributed by atoms with E-state index in [2.05, 4.69) is 6.92 Å². The molecule has 2 bridgehead atoms. The first-order valence-electron chi connectivity index (χ1n) is 4.16. The van der Waals surface area contributed by atoms with Gasteiger partial charge in [-0.05, 0) is 18.3 Å². The lowest BCUT2D eigenvalue weighted by Crippen LogP contribution is -2.44. The van der Waals surface area contributed by atoms with Crippen LogP contribution in [-0.4, -0.2) is 11.6 Å². The van der Waals surface area contributed by atoms with Crippen LogP contribution in [0.15, 0.2) is 0 Å². The number of rotatable bonds is 0. The third-order valence-corrected chi connectivity index (χ3v) is 3.02. The minimum Gasteiger partial charge on any atom is -0.299 e. The number of fused-ring (bicyclic) bond motifs is 3. The smallest absolute Gasteiger partial charge is 0.143 e. The standard InChI is InChI=1S/C9H12O2/c1-9-3-2-6(7(10)4-9)8(11)5-9/h6H,2-5H2,1H3. The van der Waals surface area contributed by atoms with Crippen molar-refractivity contribution >= 4 is 11.6 Å². The Balaban J connectivity index is 2.33. The third kappa shape index (κ3) is 0.924. The number of hydrogen-bond acceptors (Lipinski definition) is 2. The molecule has 2 nitrogen and oxygen atoms in total. The highest BCUT2D eigenvalue weighted by Crippen LogP contribution is 2.45. The molecular formula is C9H12O2. The van der Waals surface area contributed by atoms with Crippen LogP contribution < -0.4 is 0 Å². The lowest BCUT2D eigenvalue weighted by molar-refractivity contribution is -0.145. The van der Waals surface area contributed by atoms with Crippen LogP contribution in [0, 0.1) is 11.3 Å². The Morgan fingerprint density at radius 3 is 2.18 bits per heavy atom. The maximum Gasteiger partial charge on any atom is 0.143 e. The Morgan fingerprint density at radius 1 is 1.27 bits per heavy atom. The lowest BCUT2D eigenvalue weighted by Gasteiger charge is -2.41. The molecule has 0 amide bonds. The molecule has 3 aliphatic rings. The Labute approximate surface area is 66.0 Å². The highest BCUT2D eigenvalue weighted by molar-refractivity contribution is 6.06. The van der Waals surface area contributed by atoms with E-state index in [1.54, 1.807) is 0 Å². The van der Waals surface area contributed by atoms with Gasteiger partial charge in [-0.3, -0.25) is 9.59 Å². The van der Waals surface area contributed by atoms with E-state index in [1.165, 1.54) is 0 Å². The molecule has 0 aliphatic heterocycles. The summed E-state index contributed by atoms with van der Waals surface area (Å²) in [5.41, 5.74) is 0.0307. The first-order valence-corrected chi connectivity index (χ1v) is 4.16. The van der Waals surface area contributed by atoms with Gasteiger partial charge in [0.15, 0.2) is 0 Å². The summed E-state index contributed by atoms with van der Waals surface area (Å²) in [6.07, 6.45) is 3.16. The molecule has 0 atom stereocenters. The molecule has 0 aromatic rings. The first-order chi connectivity index (χ1) is 5.11. The van der Waals surface area contributed by atoms with Crippen LogP contribution in [0.3, 0.4) is 0 Å². The van der Waals surface area contributed by atoms with Crippen molar-refractivity contribution in [2.24, 2.45) is 11.3 Å². The maximum absolute atomic E-state index is 11.3.